The molecule has 3 rings (SSSR count). The van der Waals surface area contributed by atoms with Gasteiger partial charge in [-0.2, -0.15) is 4.98 Å². The fourth-order valence-corrected chi connectivity index (χ4v) is 2.40. The Labute approximate surface area is 122 Å². The van der Waals surface area contributed by atoms with Gasteiger partial charge < -0.3 is 15.2 Å². The number of nitrogens with one attached hydrogen (secondary N) is 2. The van der Waals surface area contributed by atoms with Crippen molar-refractivity contribution >= 4 is 5.91 Å². The van der Waals surface area contributed by atoms with Crippen LogP contribution in [0.25, 0.3) is 0 Å². The Morgan fingerprint density at radius 2 is 2.19 bits per heavy atom. The van der Waals surface area contributed by atoms with Gasteiger partial charge in [-0.05, 0) is 12.0 Å². The summed E-state index contributed by atoms with van der Waals surface area (Å²) in [6, 6.07) is 10.3. The molecule has 0 bridgehead atoms. The molecule has 2 heterocycles. The van der Waals surface area contributed by atoms with E-state index in [-0.39, 0.29) is 11.9 Å². The molecule has 0 aliphatic carbocycles. The minimum Gasteiger partial charge on any atom is -0.352 e. The number of amides is 1. The van der Waals surface area contributed by atoms with E-state index in [9.17, 15) is 4.79 Å². The smallest absolute Gasteiger partial charge is 0.240 e. The van der Waals surface area contributed by atoms with Crippen molar-refractivity contribution in [2.24, 2.45) is 0 Å². The first-order chi connectivity index (χ1) is 10.3. The lowest BCUT2D eigenvalue weighted by Gasteiger charge is -2.09. The summed E-state index contributed by atoms with van der Waals surface area (Å²) in [5.74, 6) is 1.39. The number of benzene rings is 1. The van der Waals surface area contributed by atoms with Gasteiger partial charge in [0, 0.05) is 25.4 Å². The van der Waals surface area contributed by atoms with E-state index in [1.54, 1.807) is 0 Å². The number of hydrogen-bond acceptors (Lipinski definition) is 5. The van der Waals surface area contributed by atoms with Crippen LogP contribution in [0.1, 0.15) is 30.1 Å². The van der Waals surface area contributed by atoms with Crippen LogP contribution in [0.5, 0.6) is 0 Å². The predicted octanol–water partition coefficient (Wildman–Crippen LogP) is 1.03. The SMILES string of the molecule is O=C1CCC(CNCc2nc(Cc3ccccc3)no2)N1. The number of rotatable bonds is 6. The van der Waals surface area contributed by atoms with Gasteiger partial charge in [-0.3, -0.25) is 4.79 Å². The molecule has 0 radical (unpaired) electrons. The van der Waals surface area contributed by atoms with Crippen LogP contribution in [0.4, 0.5) is 0 Å². The molecular formula is C15H18N4O2. The Morgan fingerprint density at radius 1 is 1.33 bits per heavy atom. The van der Waals surface area contributed by atoms with Crippen molar-refractivity contribution in [2.75, 3.05) is 6.54 Å². The highest BCUT2D eigenvalue weighted by atomic mass is 16.5. The van der Waals surface area contributed by atoms with E-state index < -0.39 is 0 Å². The third kappa shape index (κ3) is 3.88. The van der Waals surface area contributed by atoms with Crippen LogP contribution in [-0.4, -0.2) is 28.6 Å². The zero-order chi connectivity index (χ0) is 14.5. The first kappa shape index (κ1) is 13.8. The van der Waals surface area contributed by atoms with Gasteiger partial charge in [0.1, 0.15) is 0 Å². The Hall–Kier alpha value is -2.21. The number of carbonyl (C=O) groups is 1. The number of hydrogen-bond donors (Lipinski definition) is 2. The van der Waals surface area contributed by atoms with Crippen molar-refractivity contribution in [1.82, 2.24) is 20.8 Å². The molecule has 0 saturated carbocycles. The second-order valence-electron chi connectivity index (χ2n) is 5.20. The lowest BCUT2D eigenvalue weighted by atomic mass is 10.1. The van der Waals surface area contributed by atoms with Crippen LogP contribution in [-0.2, 0) is 17.8 Å². The zero-order valence-electron chi connectivity index (χ0n) is 11.7. The first-order valence-corrected chi connectivity index (χ1v) is 7.15. The molecule has 1 atom stereocenters. The van der Waals surface area contributed by atoms with Gasteiger partial charge in [0.15, 0.2) is 5.82 Å². The molecule has 1 aromatic carbocycles. The molecule has 1 aromatic heterocycles. The number of carbonyl (C=O) groups excluding carboxylic acids is 1. The molecule has 1 unspecified atom stereocenters. The second-order valence-corrected chi connectivity index (χ2v) is 5.20. The predicted molar refractivity (Wildman–Crippen MR) is 76.4 cm³/mol. The summed E-state index contributed by atoms with van der Waals surface area (Å²) >= 11 is 0. The van der Waals surface area contributed by atoms with Crippen molar-refractivity contribution in [3.05, 3.63) is 47.6 Å². The molecule has 2 N–H and O–H groups in total. The quantitative estimate of drug-likeness (QED) is 0.829. The molecule has 1 aliphatic rings. The van der Waals surface area contributed by atoms with Crippen molar-refractivity contribution in [1.29, 1.82) is 0 Å². The summed E-state index contributed by atoms with van der Waals surface area (Å²) in [7, 11) is 0. The maximum Gasteiger partial charge on any atom is 0.240 e. The molecule has 2 aromatic rings. The van der Waals surface area contributed by atoms with E-state index in [2.05, 4.69) is 20.8 Å². The van der Waals surface area contributed by atoms with Gasteiger partial charge in [0.05, 0.1) is 6.54 Å². The Balaban J connectivity index is 1.45. The highest BCUT2D eigenvalue weighted by Gasteiger charge is 2.20. The Morgan fingerprint density at radius 3 is 2.95 bits per heavy atom. The Kier molecular flexibility index (Phi) is 4.25. The van der Waals surface area contributed by atoms with Crippen molar-refractivity contribution in [2.45, 2.75) is 31.8 Å². The fourth-order valence-electron chi connectivity index (χ4n) is 2.40. The van der Waals surface area contributed by atoms with E-state index in [0.29, 0.717) is 31.1 Å². The topological polar surface area (TPSA) is 80.1 Å². The lowest BCUT2D eigenvalue weighted by molar-refractivity contribution is -0.119. The van der Waals surface area contributed by atoms with Crippen LogP contribution >= 0.6 is 0 Å². The summed E-state index contributed by atoms with van der Waals surface area (Å²) in [6.45, 7) is 1.25. The second kappa shape index (κ2) is 6.49. The molecule has 1 aliphatic heterocycles. The van der Waals surface area contributed by atoms with E-state index in [0.717, 1.165) is 18.5 Å². The van der Waals surface area contributed by atoms with E-state index >= 15 is 0 Å². The molecular weight excluding hydrogens is 268 g/mol. The molecule has 110 valence electrons. The minimum absolute atomic E-state index is 0.129. The highest BCUT2D eigenvalue weighted by Crippen LogP contribution is 2.07. The highest BCUT2D eigenvalue weighted by molar-refractivity contribution is 5.78. The molecule has 6 heteroatoms. The summed E-state index contributed by atoms with van der Waals surface area (Å²) < 4.78 is 5.21. The molecule has 1 fully saturated rings. The van der Waals surface area contributed by atoms with Gasteiger partial charge >= 0.3 is 0 Å². The average Bonchev–Trinajstić information content (AvgIpc) is 3.10. The van der Waals surface area contributed by atoms with Gasteiger partial charge in [0.25, 0.3) is 0 Å². The van der Waals surface area contributed by atoms with Gasteiger partial charge in [0.2, 0.25) is 11.8 Å². The summed E-state index contributed by atoms with van der Waals surface area (Å²) in [5, 5.41) is 10.1. The summed E-state index contributed by atoms with van der Waals surface area (Å²) in [5.41, 5.74) is 1.16. The maximum atomic E-state index is 11.1. The largest absolute Gasteiger partial charge is 0.352 e. The van der Waals surface area contributed by atoms with Crippen LogP contribution in [0.2, 0.25) is 0 Å². The zero-order valence-corrected chi connectivity index (χ0v) is 11.7. The minimum atomic E-state index is 0.129. The number of nitrogens with zero attached hydrogens (tertiary/aromatic N) is 2. The monoisotopic (exact) mass is 286 g/mol. The van der Waals surface area contributed by atoms with E-state index in [4.69, 9.17) is 4.52 Å². The van der Waals surface area contributed by atoms with Crippen LogP contribution in [0, 0.1) is 0 Å². The van der Waals surface area contributed by atoms with Gasteiger partial charge in [-0.25, -0.2) is 0 Å². The van der Waals surface area contributed by atoms with Crippen molar-refractivity contribution in [3.63, 3.8) is 0 Å². The van der Waals surface area contributed by atoms with Crippen LogP contribution in [0.15, 0.2) is 34.9 Å². The van der Waals surface area contributed by atoms with Gasteiger partial charge in [-0.15, -0.1) is 0 Å². The first-order valence-electron chi connectivity index (χ1n) is 7.15. The van der Waals surface area contributed by atoms with Crippen LogP contribution in [0.3, 0.4) is 0 Å². The van der Waals surface area contributed by atoms with E-state index in [1.165, 1.54) is 0 Å². The molecule has 6 nitrogen and oxygen atoms in total. The summed E-state index contributed by atoms with van der Waals surface area (Å²) in [6.07, 6.45) is 2.17. The third-order valence-corrected chi connectivity index (χ3v) is 3.47. The molecule has 0 spiro atoms. The lowest BCUT2D eigenvalue weighted by Crippen LogP contribution is -2.35. The van der Waals surface area contributed by atoms with Crippen LogP contribution < -0.4 is 10.6 Å². The van der Waals surface area contributed by atoms with E-state index in [1.807, 2.05) is 30.3 Å². The molecule has 1 saturated heterocycles. The maximum absolute atomic E-state index is 11.1. The third-order valence-electron chi connectivity index (χ3n) is 3.47. The standard InChI is InChI=1S/C15H18N4O2/c20-14-7-6-12(17-14)9-16-10-15-18-13(19-21-15)8-11-4-2-1-3-5-11/h1-5,12,16H,6-10H2,(H,17,20). The molecule has 21 heavy (non-hydrogen) atoms. The molecule has 1 amide bonds. The fraction of sp³-hybridized carbons (Fsp3) is 0.400. The average molecular weight is 286 g/mol. The van der Waals surface area contributed by atoms with Crippen molar-refractivity contribution in [3.8, 4) is 0 Å². The summed E-state index contributed by atoms with van der Waals surface area (Å²) in [4.78, 5) is 15.4. The number of aromatic nitrogens is 2. The van der Waals surface area contributed by atoms with Crippen molar-refractivity contribution < 1.29 is 9.32 Å². The Bertz CT molecular complexity index is 597. The normalized spacial score (nSPS) is 17.9. The van der Waals surface area contributed by atoms with Gasteiger partial charge in [-0.1, -0.05) is 35.5 Å².